The summed E-state index contributed by atoms with van der Waals surface area (Å²) in [6, 6.07) is 0. The third-order valence-electron chi connectivity index (χ3n) is 2.88. The Hall–Kier alpha value is 0.790. The number of thiocarbonyl (C=S) groups is 1. The molecule has 0 spiro atoms. The first-order valence-corrected chi connectivity index (χ1v) is 7.79. The average Bonchev–Trinajstić information content (AvgIpc) is 2.56. The van der Waals surface area contributed by atoms with Crippen molar-refractivity contribution in [1.29, 1.82) is 0 Å². The highest BCUT2D eigenvalue weighted by Gasteiger charge is 2.35. The van der Waals surface area contributed by atoms with E-state index in [1.165, 1.54) is 47.8 Å². The molecule has 82 valence electrons. The van der Waals surface area contributed by atoms with Gasteiger partial charge in [0.1, 0.15) is 3.53 Å². The SMILES string of the molecule is CCCCCCC1(CC)CSC(=S)S1. The lowest BCUT2D eigenvalue weighted by Gasteiger charge is -2.24. The molecule has 1 heterocycles. The fourth-order valence-electron chi connectivity index (χ4n) is 1.77. The second-order valence-corrected chi connectivity index (χ2v) is 7.64. The van der Waals surface area contributed by atoms with Crippen LogP contribution in [0.2, 0.25) is 0 Å². The monoisotopic (exact) mass is 248 g/mol. The highest BCUT2D eigenvalue weighted by molar-refractivity contribution is 8.49. The van der Waals surface area contributed by atoms with Gasteiger partial charge in [-0.1, -0.05) is 51.7 Å². The fraction of sp³-hybridized carbons (Fsp3) is 0.909. The van der Waals surface area contributed by atoms with Crippen molar-refractivity contribution >= 4 is 39.3 Å². The maximum Gasteiger partial charge on any atom is 0.104 e. The minimum absolute atomic E-state index is 0.496. The lowest BCUT2D eigenvalue weighted by Crippen LogP contribution is -2.23. The Morgan fingerprint density at radius 2 is 2.07 bits per heavy atom. The molecule has 14 heavy (non-hydrogen) atoms. The van der Waals surface area contributed by atoms with Crippen LogP contribution in [0.25, 0.3) is 0 Å². The Morgan fingerprint density at radius 1 is 1.29 bits per heavy atom. The molecule has 0 aromatic rings. The van der Waals surface area contributed by atoms with Gasteiger partial charge in [0.05, 0.1) is 0 Å². The van der Waals surface area contributed by atoms with Gasteiger partial charge >= 0.3 is 0 Å². The third-order valence-corrected chi connectivity index (χ3v) is 6.44. The molecule has 1 atom stereocenters. The largest absolute Gasteiger partial charge is 0.106 e. The average molecular weight is 248 g/mol. The first-order chi connectivity index (χ1) is 6.72. The summed E-state index contributed by atoms with van der Waals surface area (Å²) >= 11 is 9.11. The molecule has 0 N–H and O–H groups in total. The van der Waals surface area contributed by atoms with Gasteiger partial charge in [-0.15, -0.1) is 23.5 Å². The normalized spacial score (nSPS) is 27.1. The number of hydrogen-bond acceptors (Lipinski definition) is 3. The molecule has 0 aromatic heterocycles. The van der Waals surface area contributed by atoms with E-state index in [2.05, 4.69) is 13.8 Å². The molecular formula is C11H20S3. The van der Waals surface area contributed by atoms with Crippen LogP contribution in [0.1, 0.15) is 52.4 Å². The molecule has 0 bridgehead atoms. The predicted molar refractivity (Wildman–Crippen MR) is 74.4 cm³/mol. The minimum atomic E-state index is 0.496. The predicted octanol–water partition coefficient (Wildman–Crippen LogP) is 4.87. The molecule has 1 rings (SSSR count). The van der Waals surface area contributed by atoms with Crippen LogP contribution in [0.3, 0.4) is 0 Å². The van der Waals surface area contributed by atoms with Crippen molar-refractivity contribution in [2.45, 2.75) is 57.1 Å². The van der Waals surface area contributed by atoms with Crippen LogP contribution in [0.4, 0.5) is 0 Å². The summed E-state index contributed by atoms with van der Waals surface area (Å²) in [6.07, 6.45) is 8.15. The van der Waals surface area contributed by atoms with E-state index in [4.69, 9.17) is 12.2 Å². The van der Waals surface area contributed by atoms with Crippen LogP contribution in [-0.2, 0) is 0 Å². The van der Waals surface area contributed by atoms with E-state index in [-0.39, 0.29) is 0 Å². The number of rotatable bonds is 6. The molecule has 0 aliphatic carbocycles. The van der Waals surface area contributed by atoms with Gasteiger partial charge in [0.15, 0.2) is 0 Å². The van der Waals surface area contributed by atoms with Gasteiger partial charge in [-0.05, 0) is 12.8 Å². The topological polar surface area (TPSA) is 0 Å². The third kappa shape index (κ3) is 3.74. The molecule has 1 saturated heterocycles. The maximum absolute atomic E-state index is 5.26. The van der Waals surface area contributed by atoms with Crippen molar-refractivity contribution in [3.63, 3.8) is 0 Å². The zero-order chi connectivity index (χ0) is 10.4. The first-order valence-electron chi connectivity index (χ1n) is 5.58. The Labute approximate surface area is 102 Å². The van der Waals surface area contributed by atoms with Gasteiger partial charge in [0.2, 0.25) is 0 Å². The first kappa shape index (κ1) is 12.9. The highest BCUT2D eigenvalue weighted by atomic mass is 32.2. The molecule has 1 unspecified atom stereocenters. The van der Waals surface area contributed by atoms with Crippen molar-refractivity contribution in [3.05, 3.63) is 0 Å². The van der Waals surface area contributed by atoms with Gasteiger partial charge in [0.25, 0.3) is 0 Å². The van der Waals surface area contributed by atoms with E-state index in [1.807, 2.05) is 23.5 Å². The zero-order valence-corrected chi connectivity index (χ0v) is 11.6. The Morgan fingerprint density at radius 3 is 2.57 bits per heavy atom. The lowest BCUT2D eigenvalue weighted by molar-refractivity contribution is 0.527. The molecule has 0 aromatic carbocycles. The zero-order valence-electron chi connectivity index (χ0n) is 9.17. The lowest BCUT2D eigenvalue weighted by atomic mass is 9.99. The Kier molecular flexibility index (Phi) is 5.87. The van der Waals surface area contributed by atoms with Crippen LogP contribution >= 0.6 is 35.7 Å². The van der Waals surface area contributed by atoms with E-state index in [1.54, 1.807) is 0 Å². The van der Waals surface area contributed by atoms with E-state index < -0.39 is 0 Å². The molecule has 0 nitrogen and oxygen atoms in total. The molecule has 1 aliphatic rings. The van der Waals surface area contributed by atoms with Gasteiger partial charge < -0.3 is 0 Å². The number of thioether (sulfide) groups is 2. The van der Waals surface area contributed by atoms with Crippen molar-refractivity contribution in [2.24, 2.45) is 0 Å². The molecule has 0 saturated carbocycles. The highest BCUT2D eigenvalue weighted by Crippen LogP contribution is 2.47. The fourth-order valence-corrected chi connectivity index (χ4v) is 5.31. The summed E-state index contributed by atoms with van der Waals surface area (Å²) in [5, 5.41) is 0. The summed E-state index contributed by atoms with van der Waals surface area (Å²) in [4.78, 5) is 0. The molecule has 0 amide bonds. The second kappa shape index (κ2) is 6.39. The van der Waals surface area contributed by atoms with E-state index >= 15 is 0 Å². The summed E-state index contributed by atoms with van der Waals surface area (Å²) < 4.78 is 1.66. The van der Waals surface area contributed by atoms with Crippen LogP contribution in [0, 0.1) is 0 Å². The van der Waals surface area contributed by atoms with E-state index in [0.29, 0.717) is 4.75 Å². The number of unbranched alkanes of at least 4 members (excludes halogenated alkanes) is 3. The van der Waals surface area contributed by atoms with Gasteiger partial charge in [0, 0.05) is 10.5 Å². The van der Waals surface area contributed by atoms with Gasteiger partial charge in [-0.3, -0.25) is 0 Å². The minimum Gasteiger partial charge on any atom is -0.106 e. The quantitative estimate of drug-likeness (QED) is 0.486. The molecule has 3 heteroatoms. The summed E-state index contributed by atoms with van der Waals surface area (Å²) in [5.41, 5.74) is 0. The Bertz CT molecular complexity index is 191. The van der Waals surface area contributed by atoms with Crippen molar-refractivity contribution < 1.29 is 0 Å². The van der Waals surface area contributed by atoms with Crippen molar-refractivity contribution in [3.8, 4) is 0 Å². The molecule has 1 aliphatic heterocycles. The van der Waals surface area contributed by atoms with Crippen LogP contribution in [0.5, 0.6) is 0 Å². The summed E-state index contributed by atoms with van der Waals surface area (Å²) in [5.74, 6) is 1.25. The summed E-state index contributed by atoms with van der Waals surface area (Å²) in [6.45, 7) is 4.58. The Balaban J connectivity index is 2.28. The smallest absolute Gasteiger partial charge is 0.104 e. The van der Waals surface area contributed by atoms with Crippen LogP contribution < -0.4 is 0 Å². The molecule has 0 radical (unpaired) electrons. The second-order valence-electron chi connectivity index (χ2n) is 3.99. The van der Waals surface area contributed by atoms with Crippen molar-refractivity contribution in [1.82, 2.24) is 0 Å². The van der Waals surface area contributed by atoms with Crippen molar-refractivity contribution in [2.75, 3.05) is 5.75 Å². The number of hydrogen-bond donors (Lipinski definition) is 0. The van der Waals surface area contributed by atoms with Gasteiger partial charge in [-0.2, -0.15) is 0 Å². The van der Waals surface area contributed by atoms with E-state index in [0.717, 1.165) is 0 Å². The maximum atomic E-state index is 5.26. The summed E-state index contributed by atoms with van der Waals surface area (Å²) in [7, 11) is 0. The van der Waals surface area contributed by atoms with Crippen LogP contribution in [0.15, 0.2) is 0 Å². The molecular weight excluding hydrogens is 228 g/mol. The van der Waals surface area contributed by atoms with Gasteiger partial charge in [-0.25, -0.2) is 0 Å². The van der Waals surface area contributed by atoms with E-state index in [9.17, 15) is 0 Å². The molecule has 1 fully saturated rings. The standard InChI is InChI=1S/C11H20S3/c1-3-5-6-7-8-11(4-2)9-13-10(12)14-11/h3-9H2,1-2H3. The van der Waals surface area contributed by atoms with Crippen LogP contribution in [-0.4, -0.2) is 14.0 Å².